The summed E-state index contributed by atoms with van der Waals surface area (Å²) in [4.78, 5) is 20.4. The molecule has 0 saturated heterocycles. The molecule has 0 aliphatic heterocycles. The van der Waals surface area contributed by atoms with E-state index < -0.39 is 22.3 Å². The lowest BCUT2D eigenvalue weighted by molar-refractivity contribution is 0.0686. The van der Waals surface area contributed by atoms with Gasteiger partial charge in [0.05, 0.1) is 11.1 Å². The van der Waals surface area contributed by atoms with Gasteiger partial charge in [-0.05, 0) is 24.3 Å². The molecule has 8 nitrogen and oxygen atoms in total. The second-order valence-electron chi connectivity index (χ2n) is 4.12. The van der Waals surface area contributed by atoms with Gasteiger partial charge in [0, 0.05) is 0 Å². The van der Waals surface area contributed by atoms with Crippen molar-refractivity contribution in [2.75, 3.05) is 0 Å². The van der Waals surface area contributed by atoms with Gasteiger partial charge in [-0.15, -0.1) is 0 Å². The summed E-state index contributed by atoms with van der Waals surface area (Å²) in [6, 6.07) is 16.6. The van der Waals surface area contributed by atoms with Crippen LogP contribution in [0.5, 0.6) is 0 Å². The SMILES string of the molecule is O=C(O)c1ccccc1.O=C(O)c1ccccc1.ON=C(Cl)C(Cl)=NO. The zero-order chi connectivity index (χ0) is 19.9. The topological polar surface area (TPSA) is 140 Å². The lowest BCUT2D eigenvalue weighted by atomic mass is 10.2. The molecule has 0 unspecified atom stereocenters. The molecule has 2 aromatic rings. The van der Waals surface area contributed by atoms with Crippen molar-refractivity contribution in [3.63, 3.8) is 0 Å². The van der Waals surface area contributed by atoms with Crippen LogP contribution >= 0.6 is 23.2 Å². The van der Waals surface area contributed by atoms with Gasteiger partial charge >= 0.3 is 11.9 Å². The van der Waals surface area contributed by atoms with Crippen LogP contribution in [-0.4, -0.2) is 42.9 Å². The van der Waals surface area contributed by atoms with Crippen LogP contribution in [0.4, 0.5) is 0 Å². The summed E-state index contributed by atoms with van der Waals surface area (Å²) < 4.78 is 0. The van der Waals surface area contributed by atoms with E-state index in [4.69, 9.17) is 43.8 Å². The number of rotatable bonds is 3. The number of benzene rings is 2. The van der Waals surface area contributed by atoms with Crippen LogP contribution in [0.25, 0.3) is 0 Å². The van der Waals surface area contributed by atoms with Crippen molar-refractivity contribution >= 4 is 45.5 Å². The van der Waals surface area contributed by atoms with E-state index >= 15 is 0 Å². The average molecular weight is 401 g/mol. The van der Waals surface area contributed by atoms with Crippen molar-refractivity contribution in [2.24, 2.45) is 10.3 Å². The molecule has 0 saturated carbocycles. The highest BCUT2D eigenvalue weighted by Crippen LogP contribution is 1.97. The molecule has 2 aromatic carbocycles. The number of halogens is 2. The zero-order valence-electron chi connectivity index (χ0n) is 13.0. The Morgan fingerprint density at radius 2 is 0.923 bits per heavy atom. The Labute approximate surface area is 158 Å². The van der Waals surface area contributed by atoms with E-state index in [0.717, 1.165) is 0 Å². The number of aromatic carboxylic acids is 2. The molecule has 0 amide bonds. The van der Waals surface area contributed by atoms with E-state index in [0.29, 0.717) is 11.1 Å². The maximum Gasteiger partial charge on any atom is 0.335 e. The number of carboxylic acids is 2. The van der Waals surface area contributed by atoms with Gasteiger partial charge in [-0.2, -0.15) is 0 Å². The summed E-state index contributed by atoms with van der Waals surface area (Å²) in [6.07, 6.45) is 0. The third kappa shape index (κ3) is 9.91. The normalized spacial score (nSPS) is 10.5. The van der Waals surface area contributed by atoms with Crippen molar-refractivity contribution < 1.29 is 30.2 Å². The quantitative estimate of drug-likeness (QED) is 0.350. The number of hydrogen-bond donors (Lipinski definition) is 4. The molecule has 0 aliphatic rings. The molecular formula is C16H14Cl2N2O6. The van der Waals surface area contributed by atoms with Crippen molar-refractivity contribution in [3.05, 3.63) is 71.8 Å². The Morgan fingerprint density at radius 3 is 1.08 bits per heavy atom. The number of carbonyl (C=O) groups is 2. The van der Waals surface area contributed by atoms with Gasteiger partial charge in [-0.3, -0.25) is 0 Å². The predicted molar refractivity (Wildman–Crippen MR) is 97.0 cm³/mol. The minimum absolute atomic E-state index is 0.331. The van der Waals surface area contributed by atoms with Crippen LogP contribution in [-0.2, 0) is 0 Å². The van der Waals surface area contributed by atoms with E-state index in [9.17, 15) is 9.59 Å². The molecule has 0 spiro atoms. The van der Waals surface area contributed by atoms with Crippen LogP contribution in [0, 0.1) is 0 Å². The van der Waals surface area contributed by atoms with Gasteiger partial charge in [0.1, 0.15) is 0 Å². The number of hydrogen-bond acceptors (Lipinski definition) is 6. The van der Waals surface area contributed by atoms with E-state index in [1.165, 1.54) is 0 Å². The molecule has 2 rings (SSSR count). The van der Waals surface area contributed by atoms with Crippen molar-refractivity contribution in [1.82, 2.24) is 0 Å². The lowest BCUT2D eigenvalue weighted by Gasteiger charge is -1.88. The average Bonchev–Trinajstić information content (AvgIpc) is 2.69. The fourth-order valence-electron chi connectivity index (χ4n) is 1.24. The molecule has 0 bridgehead atoms. The van der Waals surface area contributed by atoms with Crippen LogP contribution in [0.15, 0.2) is 71.0 Å². The Kier molecular flexibility index (Phi) is 11.6. The molecular weight excluding hydrogens is 387 g/mol. The first-order valence-corrected chi connectivity index (χ1v) is 7.41. The number of oxime groups is 2. The number of carboxylic acid groups (broad SMARTS) is 2. The van der Waals surface area contributed by atoms with Gasteiger partial charge in [0.25, 0.3) is 0 Å². The first-order valence-electron chi connectivity index (χ1n) is 6.65. The summed E-state index contributed by atoms with van der Waals surface area (Å²) in [5.41, 5.74) is 0.662. The Morgan fingerprint density at radius 1 is 0.654 bits per heavy atom. The van der Waals surface area contributed by atoms with Crippen molar-refractivity contribution in [1.29, 1.82) is 0 Å². The van der Waals surface area contributed by atoms with Gasteiger partial charge in [0.15, 0.2) is 0 Å². The predicted octanol–water partition coefficient (Wildman–Crippen LogP) is 3.81. The summed E-state index contributed by atoms with van der Waals surface area (Å²) in [5, 5.41) is 36.3. The maximum atomic E-state index is 10.2. The minimum atomic E-state index is -0.879. The summed E-state index contributed by atoms with van der Waals surface area (Å²) >= 11 is 9.99. The molecule has 138 valence electrons. The Hall–Kier alpha value is -3.10. The summed E-state index contributed by atoms with van der Waals surface area (Å²) in [6.45, 7) is 0. The second-order valence-corrected chi connectivity index (χ2v) is 4.84. The largest absolute Gasteiger partial charge is 0.478 e. The van der Waals surface area contributed by atoms with Crippen LogP contribution in [0.2, 0.25) is 0 Å². The third-order valence-electron chi connectivity index (χ3n) is 2.39. The second kappa shape index (κ2) is 13.2. The molecule has 0 heterocycles. The molecule has 0 aromatic heterocycles. The molecule has 0 aliphatic carbocycles. The molecule has 4 N–H and O–H groups in total. The fourth-order valence-corrected chi connectivity index (χ4v) is 1.32. The first kappa shape index (κ1) is 22.9. The monoisotopic (exact) mass is 400 g/mol. The Bertz CT molecular complexity index is 686. The molecule has 0 radical (unpaired) electrons. The highest BCUT2D eigenvalue weighted by molar-refractivity contribution is 7.00. The van der Waals surface area contributed by atoms with E-state index in [-0.39, 0.29) is 0 Å². The summed E-state index contributed by atoms with van der Waals surface area (Å²) in [7, 11) is 0. The van der Waals surface area contributed by atoms with Gasteiger partial charge < -0.3 is 20.6 Å². The summed E-state index contributed by atoms with van der Waals surface area (Å²) in [5.74, 6) is -1.76. The number of nitrogens with zero attached hydrogens (tertiary/aromatic N) is 2. The van der Waals surface area contributed by atoms with Gasteiger partial charge in [0.2, 0.25) is 10.3 Å². The molecule has 10 heteroatoms. The van der Waals surface area contributed by atoms with Crippen molar-refractivity contribution in [3.8, 4) is 0 Å². The van der Waals surface area contributed by atoms with Crippen LogP contribution in [0.3, 0.4) is 0 Å². The van der Waals surface area contributed by atoms with Crippen molar-refractivity contribution in [2.45, 2.75) is 0 Å². The van der Waals surface area contributed by atoms with Gasteiger partial charge in [-0.1, -0.05) is 69.9 Å². The van der Waals surface area contributed by atoms with E-state index in [1.807, 2.05) is 0 Å². The smallest absolute Gasteiger partial charge is 0.335 e. The third-order valence-corrected chi connectivity index (χ3v) is 2.99. The van der Waals surface area contributed by atoms with Crippen LogP contribution in [0.1, 0.15) is 20.7 Å². The molecule has 0 atom stereocenters. The standard InChI is InChI=1S/2C7H6O2.C2H2Cl2N2O2/c2*8-7(9)6-4-2-1-3-5-6;3-1(5-7)2(4)6-8/h2*1-5H,(H,8,9);7-8H. The molecule has 0 fully saturated rings. The first-order chi connectivity index (χ1) is 12.3. The van der Waals surface area contributed by atoms with E-state index in [2.05, 4.69) is 10.3 Å². The van der Waals surface area contributed by atoms with Gasteiger partial charge in [-0.25, -0.2) is 9.59 Å². The van der Waals surface area contributed by atoms with Crippen LogP contribution < -0.4 is 0 Å². The maximum absolute atomic E-state index is 10.2. The fraction of sp³-hybridized carbons (Fsp3) is 0. The zero-order valence-corrected chi connectivity index (χ0v) is 14.5. The minimum Gasteiger partial charge on any atom is -0.478 e. The highest BCUT2D eigenvalue weighted by Gasteiger charge is 2.00. The Balaban J connectivity index is 0.000000362. The highest BCUT2D eigenvalue weighted by atomic mass is 35.5. The van der Waals surface area contributed by atoms with E-state index in [1.54, 1.807) is 60.7 Å². The lowest BCUT2D eigenvalue weighted by Crippen LogP contribution is -1.97. The molecule has 26 heavy (non-hydrogen) atoms.